The van der Waals surface area contributed by atoms with Gasteiger partial charge in [-0.25, -0.2) is 14.3 Å². The molecule has 0 spiro atoms. The van der Waals surface area contributed by atoms with Gasteiger partial charge >= 0.3 is 0 Å². The number of carbonyl (C=O) groups is 1. The van der Waals surface area contributed by atoms with E-state index in [2.05, 4.69) is 0 Å². The molecule has 0 saturated heterocycles. The SMILES string of the molecule is CCC(O)CONC(=O)c1ccc(F)c(F)c1. The highest BCUT2D eigenvalue weighted by atomic mass is 19.2. The number of amides is 1. The quantitative estimate of drug-likeness (QED) is 0.771. The van der Waals surface area contributed by atoms with Crippen LogP contribution in [0.3, 0.4) is 0 Å². The third-order valence-corrected chi connectivity index (χ3v) is 2.09. The molecule has 0 aliphatic carbocycles. The summed E-state index contributed by atoms with van der Waals surface area (Å²) in [7, 11) is 0. The van der Waals surface area contributed by atoms with Crippen LogP contribution in [0.15, 0.2) is 18.2 Å². The lowest BCUT2D eigenvalue weighted by molar-refractivity contribution is -0.0133. The highest BCUT2D eigenvalue weighted by Crippen LogP contribution is 2.08. The molecule has 0 bridgehead atoms. The maximum absolute atomic E-state index is 12.8. The number of hydrogen-bond acceptors (Lipinski definition) is 3. The minimum absolute atomic E-state index is 0.0603. The second-order valence-corrected chi connectivity index (χ2v) is 3.43. The summed E-state index contributed by atoms with van der Waals surface area (Å²) in [5, 5.41) is 9.14. The van der Waals surface area contributed by atoms with Crippen molar-refractivity contribution in [1.29, 1.82) is 0 Å². The average Bonchev–Trinajstić information content (AvgIpc) is 2.32. The molecule has 4 nitrogen and oxygen atoms in total. The fraction of sp³-hybridized carbons (Fsp3) is 0.364. The topological polar surface area (TPSA) is 58.6 Å². The Labute approximate surface area is 97.2 Å². The van der Waals surface area contributed by atoms with Crippen molar-refractivity contribution in [2.45, 2.75) is 19.4 Å². The molecule has 0 heterocycles. The van der Waals surface area contributed by atoms with Crippen molar-refractivity contribution in [3.05, 3.63) is 35.4 Å². The molecular weight excluding hydrogens is 232 g/mol. The van der Waals surface area contributed by atoms with Gasteiger partial charge in [0.05, 0.1) is 6.10 Å². The van der Waals surface area contributed by atoms with Gasteiger partial charge in [-0.3, -0.25) is 9.63 Å². The van der Waals surface area contributed by atoms with Crippen LogP contribution in [0.25, 0.3) is 0 Å². The summed E-state index contributed by atoms with van der Waals surface area (Å²) in [6, 6.07) is 2.75. The lowest BCUT2D eigenvalue weighted by Crippen LogP contribution is -2.28. The minimum Gasteiger partial charge on any atom is -0.391 e. The van der Waals surface area contributed by atoms with Crippen molar-refractivity contribution >= 4 is 5.91 Å². The second kappa shape index (κ2) is 6.27. The van der Waals surface area contributed by atoms with E-state index in [0.717, 1.165) is 18.2 Å². The summed E-state index contributed by atoms with van der Waals surface area (Å²) in [5.74, 6) is -2.83. The molecule has 1 rings (SSSR count). The molecular formula is C11H13F2NO3. The standard InChI is InChI=1S/C11H13F2NO3/c1-2-8(15)6-17-14-11(16)7-3-4-9(12)10(13)5-7/h3-5,8,15H,2,6H2,1H3,(H,14,16). The van der Waals surface area contributed by atoms with Gasteiger partial charge in [0.25, 0.3) is 5.91 Å². The van der Waals surface area contributed by atoms with Crippen molar-refractivity contribution in [3.63, 3.8) is 0 Å². The Morgan fingerprint density at radius 2 is 2.18 bits per heavy atom. The number of hydrogen-bond donors (Lipinski definition) is 2. The highest BCUT2D eigenvalue weighted by Gasteiger charge is 2.10. The Balaban J connectivity index is 2.50. The summed E-state index contributed by atoms with van der Waals surface area (Å²) in [5.41, 5.74) is 1.96. The zero-order valence-corrected chi connectivity index (χ0v) is 9.24. The van der Waals surface area contributed by atoms with Gasteiger partial charge in [0.2, 0.25) is 0 Å². The smallest absolute Gasteiger partial charge is 0.274 e. The van der Waals surface area contributed by atoms with Gasteiger partial charge in [-0.05, 0) is 24.6 Å². The predicted molar refractivity (Wildman–Crippen MR) is 56.1 cm³/mol. The molecule has 17 heavy (non-hydrogen) atoms. The number of rotatable bonds is 5. The maximum atomic E-state index is 12.8. The molecule has 0 aliphatic heterocycles. The number of hydroxylamine groups is 1. The normalized spacial score (nSPS) is 12.2. The summed E-state index contributed by atoms with van der Waals surface area (Å²) in [6.45, 7) is 1.69. The van der Waals surface area contributed by atoms with Crippen LogP contribution in [-0.4, -0.2) is 23.7 Å². The van der Waals surface area contributed by atoms with Crippen LogP contribution >= 0.6 is 0 Å². The molecule has 0 radical (unpaired) electrons. The molecule has 0 aromatic heterocycles. The molecule has 2 N–H and O–H groups in total. The Morgan fingerprint density at radius 3 is 2.76 bits per heavy atom. The highest BCUT2D eigenvalue weighted by molar-refractivity contribution is 5.93. The molecule has 0 fully saturated rings. The number of nitrogens with one attached hydrogen (secondary N) is 1. The molecule has 6 heteroatoms. The Hall–Kier alpha value is -1.53. The van der Waals surface area contributed by atoms with E-state index in [1.807, 2.05) is 5.48 Å². The van der Waals surface area contributed by atoms with Crippen molar-refractivity contribution in [2.24, 2.45) is 0 Å². The summed E-state index contributed by atoms with van der Waals surface area (Å²) >= 11 is 0. The van der Waals surface area contributed by atoms with E-state index in [0.29, 0.717) is 6.42 Å². The first kappa shape index (κ1) is 13.5. The van der Waals surface area contributed by atoms with E-state index in [-0.39, 0.29) is 12.2 Å². The van der Waals surface area contributed by atoms with Crippen LogP contribution in [0.1, 0.15) is 23.7 Å². The van der Waals surface area contributed by atoms with Gasteiger partial charge in [-0.1, -0.05) is 6.92 Å². The molecule has 0 aliphatic rings. The number of halogens is 2. The Morgan fingerprint density at radius 1 is 1.47 bits per heavy atom. The van der Waals surface area contributed by atoms with E-state index < -0.39 is 23.6 Å². The van der Waals surface area contributed by atoms with Crippen LogP contribution in [0.4, 0.5) is 8.78 Å². The maximum Gasteiger partial charge on any atom is 0.274 e. The van der Waals surface area contributed by atoms with Gasteiger partial charge < -0.3 is 5.11 Å². The van der Waals surface area contributed by atoms with Crippen LogP contribution in [0.2, 0.25) is 0 Å². The number of benzene rings is 1. The molecule has 1 unspecified atom stereocenters. The first-order chi connectivity index (χ1) is 8.04. The van der Waals surface area contributed by atoms with Crippen LogP contribution in [-0.2, 0) is 4.84 Å². The third-order valence-electron chi connectivity index (χ3n) is 2.09. The van der Waals surface area contributed by atoms with Crippen molar-refractivity contribution in [3.8, 4) is 0 Å². The minimum atomic E-state index is -1.11. The zero-order chi connectivity index (χ0) is 12.8. The van der Waals surface area contributed by atoms with E-state index in [4.69, 9.17) is 9.94 Å². The van der Waals surface area contributed by atoms with Crippen LogP contribution in [0.5, 0.6) is 0 Å². The largest absolute Gasteiger partial charge is 0.391 e. The number of carbonyl (C=O) groups excluding carboxylic acids is 1. The Bertz CT molecular complexity index is 398. The van der Waals surface area contributed by atoms with Gasteiger partial charge in [-0.15, -0.1) is 0 Å². The van der Waals surface area contributed by atoms with Gasteiger partial charge in [-0.2, -0.15) is 0 Å². The van der Waals surface area contributed by atoms with E-state index in [9.17, 15) is 13.6 Å². The molecule has 1 aromatic rings. The van der Waals surface area contributed by atoms with Gasteiger partial charge in [0.15, 0.2) is 11.6 Å². The fourth-order valence-electron chi connectivity index (χ4n) is 1.02. The fourth-order valence-corrected chi connectivity index (χ4v) is 1.02. The lowest BCUT2D eigenvalue weighted by Gasteiger charge is -2.09. The van der Waals surface area contributed by atoms with Gasteiger partial charge in [0, 0.05) is 5.56 Å². The Kier molecular flexibility index (Phi) is 4.99. The summed E-state index contributed by atoms with van der Waals surface area (Å²) in [4.78, 5) is 16.1. The number of aliphatic hydroxyl groups excluding tert-OH is 1. The summed E-state index contributed by atoms with van der Waals surface area (Å²) < 4.78 is 25.4. The number of aliphatic hydroxyl groups is 1. The van der Waals surface area contributed by atoms with Crippen molar-refractivity contribution in [2.75, 3.05) is 6.61 Å². The first-order valence-corrected chi connectivity index (χ1v) is 5.09. The monoisotopic (exact) mass is 245 g/mol. The predicted octanol–water partition coefficient (Wildman–Crippen LogP) is 1.40. The second-order valence-electron chi connectivity index (χ2n) is 3.43. The summed E-state index contributed by atoms with van der Waals surface area (Å²) in [6.07, 6.45) is -0.193. The van der Waals surface area contributed by atoms with E-state index >= 15 is 0 Å². The van der Waals surface area contributed by atoms with Crippen LogP contribution < -0.4 is 5.48 Å². The average molecular weight is 245 g/mol. The third kappa shape index (κ3) is 4.08. The van der Waals surface area contributed by atoms with E-state index in [1.54, 1.807) is 6.92 Å². The molecule has 1 aromatic carbocycles. The van der Waals surface area contributed by atoms with Gasteiger partial charge in [0.1, 0.15) is 6.61 Å². The zero-order valence-electron chi connectivity index (χ0n) is 9.24. The molecule has 0 saturated carbocycles. The molecule has 1 atom stereocenters. The lowest BCUT2D eigenvalue weighted by atomic mass is 10.2. The van der Waals surface area contributed by atoms with Crippen molar-refractivity contribution < 1.29 is 23.5 Å². The first-order valence-electron chi connectivity index (χ1n) is 5.09. The van der Waals surface area contributed by atoms with Crippen LogP contribution in [0, 0.1) is 11.6 Å². The molecule has 1 amide bonds. The van der Waals surface area contributed by atoms with Crippen molar-refractivity contribution in [1.82, 2.24) is 5.48 Å². The van der Waals surface area contributed by atoms with E-state index in [1.165, 1.54) is 0 Å². The molecule has 94 valence electrons.